The highest BCUT2D eigenvalue weighted by Gasteiger charge is 2.54. The van der Waals surface area contributed by atoms with E-state index in [1.54, 1.807) is 6.07 Å². The second-order valence-electron chi connectivity index (χ2n) is 31.1. The van der Waals surface area contributed by atoms with E-state index in [-0.39, 0.29) is 45.4 Å². The normalized spacial score (nSPS) is 17.7. The van der Waals surface area contributed by atoms with E-state index in [1.165, 1.54) is 53.7 Å². The molecule has 11 heteroatoms. The summed E-state index contributed by atoms with van der Waals surface area (Å²) in [5.74, 6) is -3.64. The molecule has 0 spiro atoms. The van der Waals surface area contributed by atoms with Crippen molar-refractivity contribution in [3.63, 3.8) is 0 Å². The van der Waals surface area contributed by atoms with Crippen LogP contribution >= 0.6 is 0 Å². The van der Waals surface area contributed by atoms with Crippen LogP contribution in [0.5, 0.6) is 0 Å². The van der Waals surface area contributed by atoms with E-state index in [2.05, 4.69) is 248 Å². The molecule has 1 amide bonds. The first-order chi connectivity index (χ1) is 54.1. The van der Waals surface area contributed by atoms with E-state index in [9.17, 15) is 29.1 Å². The minimum Gasteiger partial charge on any atom is -0.481 e. The van der Waals surface area contributed by atoms with Gasteiger partial charge in [0.25, 0.3) is 5.91 Å². The number of carboxylic acids is 1. The SMILES string of the molecule is CC1=C(/C=C/C(C)=C/C=C/C(C)=C/C=C/C=C(C)/C=C/C=C(C)/C=C/c2ccc(C(=O)c3ccc(-c4c5nc(c(-c6ccc(C)cc6)c6ccc([nH]6)c(-c6ccc(NC(=O)c7ccc8c(c7)C(=O)C7=C(C8=O)C8CC(C(=O)O)C7C8)cc6)c6nc(c(-c7ccc(C)cc7)c7ccc4[nH]7)C=C6)C=C5)cc3)cc2)C(C)(C)CCC1. The lowest BCUT2D eigenvalue weighted by molar-refractivity contribution is -0.142. The van der Waals surface area contributed by atoms with Gasteiger partial charge in [-0.2, -0.15) is 0 Å². The molecule has 3 aromatic heterocycles. The maximum Gasteiger partial charge on any atom is 0.307 e. The van der Waals surface area contributed by atoms with E-state index >= 15 is 0 Å². The molecule has 3 atom stereocenters. The number of rotatable bonds is 19. The van der Waals surface area contributed by atoms with Crippen LogP contribution in [0.4, 0.5) is 5.69 Å². The number of ketones is 3. The molecular formula is C101H89N5O6. The van der Waals surface area contributed by atoms with Crippen LogP contribution in [0.1, 0.15) is 167 Å². The monoisotopic (exact) mass is 1470 g/mol. The number of aromatic nitrogens is 4. The highest BCUT2D eigenvalue weighted by molar-refractivity contribution is 6.29. The average Bonchev–Trinajstić information content (AvgIpc) is 1.54. The molecule has 10 bridgehead atoms. The van der Waals surface area contributed by atoms with Crippen LogP contribution in [0.2, 0.25) is 0 Å². The number of hydrogen-bond acceptors (Lipinski definition) is 7. The number of carboxylic acid groups (broad SMARTS) is 1. The zero-order valence-electron chi connectivity index (χ0n) is 64.6. The summed E-state index contributed by atoms with van der Waals surface area (Å²) in [4.78, 5) is 87.3. The van der Waals surface area contributed by atoms with Crippen molar-refractivity contribution in [1.82, 2.24) is 19.9 Å². The Morgan fingerprint density at radius 1 is 0.482 bits per heavy atom. The molecule has 4 aliphatic carbocycles. The molecule has 554 valence electrons. The largest absolute Gasteiger partial charge is 0.481 e. The summed E-state index contributed by atoms with van der Waals surface area (Å²) >= 11 is 0. The number of anilines is 1. The number of aryl methyl sites for hydroxylation is 2. The molecule has 15 rings (SSSR count). The molecule has 1 fully saturated rings. The van der Waals surface area contributed by atoms with Gasteiger partial charge in [-0.1, -0.05) is 247 Å². The van der Waals surface area contributed by atoms with Crippen molar-refractivity contribution in [3.8, 4) is 44.5 Å². The first-order valence-corrected chi connectivity index (χ1v) is 38.6. The summed E-state index contributed by atoms with van der Waals surface area (Å²) in [6.45, 7) is 19.6. The van der Waals surface area contributed by atoms with Gasteiger partial charge in [-0.25, -0.2) is 9.97 Å². The Hall–Kier alpha value is -13.0. The predicted molar refractivity (Wildman–Crippen MR) is 458 cm³/mol. The standard InChI is InChI=1S/C101H89N5O6/c1-60(15-10-11-16-61(2)18-13-20-63(4)27-47-81-66(7)21-14-56-101(81,8)9)17-12-19-62(3)22-28-67-29-35-72(36-30-67)96(107)73-39-37-70(38-40-73)92-86-52-48-82(103-86)90(68-31-23-64(5)24-32-68)84-50-54-88(105-84)93(89-55-51-85(106-89)91(83-49-53-87(92)104-83)69-33-25-65(6)26-34-69)71-41-44-76(45-42-71)102-99(110)74-43-46-77-79(57-74)98(109)95-78-58-75(94(95)97(77)108)59-80(78)100(111)112/h10-13,15-20,22-55,57,75,78,80,103,106H,14,21,56,58-59H2,1-9H3,(H,102,110)(H,111,112)/b11-10+,17-12+,18-13+,28-22+,47-27+,60-15+,61-16+,62-19+,63-20+,90-82?,90-84?,91-83?,91-85?,92-86?,92-87?,93-88?,93-89?. The van der Waals surface area contributed by atoms with Crippen LogP contribution in [-0.2, 0) is 4.79 Å². The van der Waals surface area contributed by atoms with Crippen LogP contribution in [0, 0.1) is 37.0 Å². The molecule has 1 saturated carbocycles. The lowest BCUT2D eigenvalue weighted by Gasteiger charge is -2.32. The maximum atomic E-state index is 14.4. The van der Waals surface area contributed by atoms with E-state index in [1.807, 2.05) is 84.9 Å². The van der Waals surface area contributed by atoms with Crippen LogP contribution in [0.3, 0.4) is 0 Å². The molecule has 0 saturated heterocycles. The topological polar surface area (TPSA) is 175 Å². The summed E-state index contributed by atoms with van der Waals surface area (Å²) in [5, 5.41) is 13.0. The average molecular weight is 1470 g/mol. The van der Waals surface area contributed by atoms with Crippen molar-refractivity contribution in [3.05, 3.63) is 355 Å². The molecular weight excluding hydrogens is 1380 g/mol. The number of carbonyl (C=O) groups excluding carboxylic acids is 4. The van der Waals surface area contributed by atoms with Crippen LogP contribution in [0.15, 0.2) is 287 Å². The van der Waals surface area contributed by atoms with Crippen molar-refractivity contribution in [2.75, 3.05) is 5.32 Å². The quantitative estimate of drug-likeness (QED) is 0.0457. The fraction of sp³-hybridized carbons (Fsp3) is 0.178. The molecule has 4 N–H and O–H groups in total. The van der Waals surface area contributed by atoms with Gasteiger partial charge in [0.15, 0.2) is 17.3 Å². The van der Waals surface area contributed by atoms with Gasteiger partial charge >= 0.3 is 5.97 Å². The van der Waals surface area contributed by atoms with Gasteiger partial charge in [0.1, 0.15) is 0 Å². The number of hydrogen-bond donors (Lipinski definition) is 4. The Labute approximate surface area is 654 Å². The van der Waals surface area contributed by atoms with Crippen molar-refractivity contribution < 1.29 is 29.1 Å². The van der Waals surface area contributed by atoms with Gasteiger partial charge in [-0.3, -0.25) is 24.0 Å². The third kappa shape index (κ3) is 15.5. The maximum absolute atomic E-state index is 14.4. The predicted octanol–water partition coefficient (Wildman–Crippen LogP) is 24.4. The number of aromatic amines is 2. The smallest absolute Gasteiger partial charge is 0.307 e. The van der Waals surface area contributed by atoms with Crippen molar-refractivity contribution in [2.45, 2.75) is 94.4 Å². The summed E-state index contributed by atoms with van der Waals surface area (Å²) in [7, 11) is 0. The Bertz CT molecular complexity index is 5950. The molecule has 9 aromatic rings. The molecule has 11 nitrogen and oxygen atoms in total. The lowest BCUT2D eigenvalue weighted by Crippen LogP contribution is -2.32. The number of nitrogens with zero attached hydrogens (tertiary/aromatic N) is 2. The van der Waals surface area contributed by atoms with Crippen LogP contribution < -0.4 is 5.32 Å². The first kappa shape index (κ1) is 74.5. The van der Waals surface area contributed by atoms with E-state index in [0.29, 0.717) is 46.5 Å². The van der Waals surface area contributed by atoms with Crippen LogP contribution in [0.25, 0.3) is 97.0 Å². The molecule has 2 aliphatic heterocycles. The van der Waals surface area contributed by atoms with Gasteiger partial charge in [0.2, 0.25) is 0 Å². The molecule has 6 aliphatic rings. The van der Waals surface area contributed by atoms with Gasteiger partial charge < -0.3 is 20.4 Å². The highest BCUT2D eigenvalue weighted by atomic mass is 16.4. The lowest BCUT2D eigenvalue weighted by atomic mass is 9.72. The van der Waals surface area contributed by atoms with E-state index < -0.39 is 23.7 Å². The second kappa shape index (κ2) is 31.5. The zero-order valence-corrected chi connectivity index (χ0v) is 64.6. The third-order valence-corrected chi connectivity index (χ3v) is 22.5. The number of amides is 1. The van der Waals surface area contributed by atoms with Crippen LogP contribution in [-0.4, -0.2) is 54.3 Å². The van der Waals surface area contributed by atoms with Gasteiger partial charge in [0.05, 0.1) is 28.7 Å². The molecule has 3 unspecified atom stereocenters. The van der Waals surface area contributed by atoms with Crippen molar-refractivity contribution >= 4 is 87.4 Å². The Morgan fingerprint density at radius 2 is 0.911 bits per heavy atom. The minimum absolute atomic E-state index is 0.0865. The number of nitrogens with one attached hydrogen (secondary N) is 3. The Morgan fingerprint density at radius 3 is 1.39 bits per heavy atom. The number of Topliss-reactive ketones (excluding diaryl/α,β-unsaturated/α-hetero) is 2. The molecule has 112 heavy (non-hydrogen) atoms. The summed E-state index contributed by atoms with van der Waals surface area (Å²) in [6, 6.07) is 52.8. The summed E-state index contributed by atoms with van der Waals surface area (Å²) in [5.41, 5.74) is 27.2. The van der Waals surface area contributed by atoms with Gasteiger partial charge in [-0.15, -0.1) is 0 Å². The van der Waals surface area contributed by atoms with E-state index in [0.717, 1.165) is 111 Å². The van der Waals surface area contributed by atoms with Gasteiger partial charge in [0, 0.05) is 94.9 Å². The Kier molecular flexibility index (Phi) is 21.0. The molecule has 6 aromatic carbocycles. The summed E-state index contributed by atoms with van der Waals surface area (Å²) in [6.07, 6.45) is 42.5. The number of allylic oxidation sites excluding steroid dienone is 21. The number of H-pyrrole nitrogens is 2. The number of fused-ring (bicyclic) bond motifs is 13. The van der Waals surface area contributed by atoms with Crippen molar-refractivity contribution in [2.24, 2.45) is 23.2 Å². The Balaban J connectivity index is 0.687. The zero-order chi connectivity index (χ0) is 78.1. The fourth-order valence-electron chi connectivity index (χ4n) is 16.5. The second-order valence-corrected chi connectivity index (χ2v) is 31.1. The van der Waals surface area contributed by atoms with Gasteiger partial charge in [-0.05, 0) is 204 Å². The highest BCUT2D eigenvalue weighted by Crippen LogP contribution is 2.55. The number of carbonyl (C=O) groups is 5. The number of benzene rings is 6. The number of aliphatic carboxylic acids is 1. The fourth-order valence-corrected chi connectivity index (χ4v) is 16.5. The first-order valence-electron chi connectivity index (χ1n) is 38.6. The molecule has 5 heterocycles. The summed E-state index contributed by atoms with van der Waals surface area (Å²) < 4.78 is 0. The molecule has 0 radical (unpaired) electrons. The third-order valence-electron chi connectivity index (χ3n) is 22.5. The minimum atomic E-state index is -0.963. The van der Waals surface area contributed by atoms with Crippen molar-refractivity contribution in [1.29, 1.82) is 0 Å². The van der Waals surface area contributed by atoms with E-state index in [4.69, 9.17) is 9.97 Å².